The van der Waals surface area contributed by atoms with Crippen LogP contribution in [0.3, 0.4) is 0 Å². The van der Waals surface area contributed by atoms with Crippen LogP contribution in [-0.2, 0) is 0 Å². The minimum atomic E-state index is 0.136. The summed E-state index contributed by atoms with van der Waals surface area (Å²) in [5.74, 6) is 2.07. The van der Waals surface area contributed by atoms with E-state index in [0.29, 0.717) is 11.9 Å². The molecule has 1 heterocycles. The maximum absolute atomic E-state index is 5.72. The van der Waals surface area contributed by atoms with E-state index in [-0.39, 0.29) is 11.2 Å². The number of hydrogen-bond acceptors (Lipinski definition) is 5. The Morgan fingerprint density at radius 1 is 1.29 bits per heavy atom. The number of rotatable bonds is 3. The van der Waals surface area contributed by atoms with Gasteiger partial charge < -0.3 is 11.1 Å². The fourth-order valence-corrected chi connectivity index (χ4v) is 2.53. The molecule has 0 aromatic carbocycles. The van der Waals surface area contributed by atoms with Crippen LogP contribution in [0.15, 0.2) is 0 Å². The Bertz CT molecular complexity index is 364. The molecule has 0 saturated heterocycles. The first kappa shape index (κ1) is 12.4. The lowest BCUT2D eigenvalue weighted by molar-refractivity contribution is 0.268. The molecule has 94 valence electrons. The van der Waals surface area contributed by atoms with Crippen molar-refractivity contribution in [2.24, 2.45) is 11.8 Å². The van der Waals surface area contributed by atoms with Crippen LogP contribution in [0.1, 0.15) is 32.6 Å². The van der Waals surface area contributed by atoms with Crippen molar-refractivity contribution in [2.45, 2.75) is 32.6 Å². The summed E-state index contributed by atoms with van der Waals surface area (Å²) in [6, 6.07) is 0. The van der Waals surface area contributed by atoms with E-state index in [1.54, 1.807) is 0 Å². The van der Waals surface area contributed by atoms with Crippen molar-refractivity contribution in [3.63, 3.8) is 0 Å². The summed E-state index contributed by atoms with van der Waals surface area (Å²) in [4.78, 5) is 11.7. The fourth-order valence-electron chi connectivity index (χ4n) is 2.36. The van der Waals surface area contributed by atoms with Crippen LogP contribution in [0.4, 0.5) is 11.9 Å². The molecule has 1 fully saturated rings. The standard InChI is InChI=1S/C11H18ClN5/c1-7-4-2-3-5-8(7)6-14-11-16-9(12)15-10(13)17-11/h7-8H,2-6H2,1H3,(H3,13,14,15,16,17). The Kier molecular flexibility index (Phi) is 3.99. The predicted octanol–water partition coefficient (Wildman–Crippen LogP) is 2.35. The number of hydrogen-bond donors (Lipinski definition) is 2. The van der Waals surface area contributed by atoms with E-state index < -0.39 is 0 Å². The molecule has 0 amide bonds. The van der Waals surface area contributed by atoms with Crippen LogP contribution in [0, 0.1) is 11.8 Å². The molecule has 1 aromatic rings. The second kappa shape index (κ2) is 5.49. The highest BCUT2D eigenvalue weighted by atomic mass is 35.5. The monoisotopic (exact) mass is 255 g/mol. The molecular weight excluding hydrogens is 238 g/mol. The Morgan fingerprint density at radius 2 is 2.06 bits per heavy atom. The second-order valence-electron chi connectivity index (χ2n) is 4.69. The summed E-state index contributed by atoms with van der Waals surface area (Å²) in [5, 5.41) is 3.34. The molecule has 1 saturated carbocycles. The minimum Gasteiger partial charge on any atom is -0.368 e. The van der Waals surface area contributed by atoms with Gasteiger partial charge in [0, 0.05) is 6.54 Å². The quantitative estimate of drug-likeness (QED) is 0.867. The van der Waals surface area contributed by atoms with Gasteiger partial charge in [-0.1, -0.05) is 26.2 Å². The SMILES string of the molecule is CC1CCCCC1CNc1nc(N)nc(Cl)n1. The summed E-state index contributed by atoms with van der Waals surface area (Å²) >= 11 is 5.72. The van der Waals surface area contributed by atoms with Crippen molar-refractivity contribution in [1.29, 1.82) is 0 Å². The molecule has 1 aliphatic carbocycles. The van der Waals surface area contributed by atoms with Crippen LogP contribution in [-0.4, -0.2) is 21.5 Å². The number of nitrogens with one attached hydrogen (secondary N) is 1. The zero-order chi connectivity index (χ0) is 12.3. The van der Waals surface area contributed by atoms with Crippen molar-refractivity contribution in [3.8, 4) is 0 Å². The van der Waals surface area contributed by atoms with Gasteiger partial charge >= 0.3 is 0 Å². The summed E-state index contributed by atoms with van der Waals surface area (Å²) in [6.07, 6.45) is 5.24. The van der Waals surface area contributed by atoms with Crippen molar-refractivity contribution in [3.05, 3.63) is 5.28 Å². The molecule has 3 N–H and O–H groups in total. The Labute approximate surface area is 106 Å². The number of aromatic nitrogens is 3. The molecule has 2 unspecified atom stereocenters. The van der Waals surface area contributed by atoms with E-state index in [0.717, 1.165) is 12.5 Å². The van der Waals surface area contributed by atoms with Gasteiger partial charge in [0.15, 0.2) is 0 Å². The molecule has 2 rings (SSSR count). The maximum atomic E-state index is 5.72. The van der Waals surface area contributed by atoms with E-state index in [9.17, 15) is 0 Å². The van der Waals surface area contributed by atoms with Crippen LogP contribution in [0.25, 0.3) is 0 Å². The molecular formula is C11H18ClN5. The average molecular weight is 256 g/mol. The highest BCUT2D eigenvalue weighted by molar-refractivity contribution is 6.28. The number of anilines is 2. The van der Waals surface area contributed by atoms with Gasteiger partial charge in [-0.05, 0) is 29.9 Å². The van der Waals surface area contributed by atoms with Crippen LogP contribution < -0.4 is 11.1 Å². The number of halogens is 1. The van der Waals surface area contributed by atoms with Gasteiger partial charge in [-0.15, -0.1) is 0 Å². The molecule has 2 atom stereocenters. The van der Waals surface area contributed by atoms with Gasteiger partial charge in [-0.3, -0.25) is 0 Å². The van der Waals surface area contributed by atoms with Crippen molar-refractivity contribution >= 4 is 23.5 Å². The lowest BCUT2D eigenvalue weighted by atomic mass is 9.80. The van der Waals surface area contributed by atoms with Crippen molar-refractivity contribution in [1.82, 2.24) is 15.0 Å². The first-order valence-corrected chi connectivity index (χ1v) is 6.44. The van der Waals surface area contributed by atoms with Gasteiger partial charge in [0.2, 0.25) is 17.2 Å². The first-order valence-electron chi connectivity index (χ1n) is 6.06. The zero-order valence-corrected chi connectivity index (χ0v) is 10.7. The Morgan fingerprint density at radius 3 is 2.76 bits per heavy atom. The van der Waals surface area contributed by atoms with Crippen LogP contribution >= 0.6 is 11.6 Å². The third-order valence-electron chi connectivity index (χ3n) is 3.44. The van der Waals surface area contributed by atoms with E-state index in [1.165, 1.54) is 25.7 Å². The number of nitrogens with two attached hydrogens (primary N) is 1. The van der Waals surface area contributed by atoms with E-state index in [4.69, 9.17) is 17.3 Å². The largest absolute Gasteiger partial charge is 0.368 e. The lowest BCUT2D eigenvalue weighted by Gasteiger charge is -2.28. The van der Waals surface area contributed by atoms with Crippen molar-refractivity contribution < 1.29 is 0 Å². The molecule has 0 aliphatic heterocycles. The maximum Gasteiger partial charge on any atom is 0.228 e. The van der Waals surface area contributed by atoms with Gasteiger partial charge in [0.05, 0.1) is 0 Å². The number of nitrogens with zero attached hydrogens (tertiary/aromatic N) is 3. The van der Waals surface area contributed by atoms with Gasteiger partial charge in [-0.25, -0.2) is 0 Å². The summed E-state index contributed by atoms with van der Waals surface area (Å²) in [7, 11) is 0. The molecule has 17 heavy (non-hydrogen) atoms. The Hall–Kier alpha value is -1.10. The van der Waals surface area contributed by atoms with Crippen molar-refractivity contribution in [2.75, 3.05) is 17.6 Å². The predicted molar refractivity (Wildman–Crippen MR) is 68.9 cm³/mol. The molecule has 0 spiro atoms. The first-order chi connectivity index (χ1) is 8.15. The van der Waals surface area contributed by atoms with Crippen LogP contribution in [0.5, 0.6) is 0 Å². The number of nitrogen functional groups attached to an aromatic ring is 1. The molecule has 6 heteroatoms. The van der Waals surface area contributed by atoms with Crippen LogP contribution in [0.2, 0.25) is 5.28 Å². The molecule has 1 aliphatic rings. The fraction of sp³-hybridized carbons (Fsp3) is 0.727. The van der Waals surface area contributed by atoms with Gasteiger partial charge in [-0.2, -0.15) is 15.0 Å². The normalized spacial score (nSPS) is 24.6. The van der Waals surface area contributed by atoms with E-state index in [1.807, 2.05) is 0 Å². The smallest absolute Gasteiger partial charge is 0.228 e. The van der Waals surface area contributed by atoms with Gasteiger partial charge in [0.1, 0.15) is 0 Å². The molecule has 0 radical (unpaired) electrons. The second-order valence-corrected chi connectivity index (χ2v) is 5.03. The highest BCUT2D eigenvalue weighted by Gasteiger charge is 2.21. The third kappa shape index (κ3) is 3.43. The highest BCUT2D eigenvalue weighted by Crippen LogP contribution is 2.29. The summed E-state index contributed by atoms with van der Waals surface area (Å²) in [6.45, 7) is 3.18. The molecule has 0 bridgehead atoms. The average Bonchev–Trinajstić information content (AvgIpc) is 2.27. The summed E-state index contributed by atoms with van der Waals surface area (Å²) in [5.41, 5.74) is 5.51. The lowest BCUT2D eigenvalue weighted by Crippen LogP contribution is -2.25. The molecule has 5 nitrogen and oxygen atoms in total. The summed E-state index contributed by atoms with van der Waals surface area (Å²) < 4.78 is 0. The molecule has 1 aromatic heterocycles. The van der Waals surface area contributed by atoms with E-state index in [2.05, 4.69) is 27.2 Å². The zero-order valence-electron chi connectivity index (χ0n) is 9.99. The van der Waals surface area contributed by atoms with Gasteiger partial charge in [0.25, 0.3) is 0 Å². The minimum absolute atomic E-state index is 0.136. The third-order valence-corrected chi connectivity index (χ3v) is 3.61. The topological polar surface area (TPSA) is 76.7 Å². The van der Waals surface area contributed by atoms with E-state index >= 15 is 0 Å². The Balaban J connectivity index is 1.92.